The molecule has 0 radical (unpaired) electrons. The van der Waals surface area contributed by atoms with Gasteiger partial charge in [0.15, 0.2) is 0 Å². The second kappa shape index (κ2) is 17.2. The Morgan fingerprint density at radius 3 is 0.917 bits per heavy atom. The molecule has 0 heterocycles. The molecule has 1 saturated carbocycles. The van der Waals surface area contributed by atoms with Crippen LogP contribution in [-0.2, 0) is 0 Å². The Hall–Kier alpha value is 0. The molecule has 1 rings (SSSR count). The summed E-state index contributed by atoms with van der Waals surface area (Å²) in [5, 5.41) is 0. The Bertz CT molecular complexity index is 38.0. The minimum atomic E-state index is 1.25. The van der Waals surface area contributed by atoms with Crippen LogP contribution in [0, 0.1) is 0 Å². The molecule has 0 spiro atoms. The van der Waals surface area contributed by atoms with Crippen LogP contribution < -0.4 is 0 Å². The fourth-order valence-electron chi connectivity index (χ4n) is 0.604. The highest BCUT2D eigenvalue weighted by molar-refractivity contribution is 4.50. The fraction of sp³-hybridized carbons (Fsp3) is 1.00. The van der Waals surface area contributed by atoms with Crippen molar-refractivity contribution < 1.29 is 0 Å². The van der Waals surface area contributed by atoms with E-state index in [0.717, 1.165) is 0 Å². The first-order valence-corrected chi connectivity index (χ1v) is 5.83. The van der Waals surface area contributed by atoms with E-state index in [1.165, 1.54) is 51.4 Å². The molecular formula is C12H28. The van der Waals surface area contributed by atoms with Crippen molar-refractivity contribution in [3.8, 4) is 0 Å². The number of unbranched alkanes of at least 4 members (excludes halogenated alkanes) is 2. The second-order valence-electron chi connectivity index (χ2n) is 3.47. The summed E-state index contributed by atoms with van der Waals surface area (Å²) in [6.07, 6.45) is 11.3. The summed E-state index contributed by atoms with van der Waals surface area (Å²) in [5.41, 5.74) is 0. The molecule has 76 valence electrons. The van der Waals surface area contributed by atoms with Gasteiger partial charge in [-0.15, -0.1) is 0 Å². The van der Waals surface area contributed by atoms with Gasteiger partial charge in [-0.05, 0) is 0 Å². The van der Waals surface area contributed by atoms with Gasteiger partial charge < -0.3 is 0 Å². The molecule has 1 fully saturated rings. The standard InChI is InChI=1S/C5H12.C4H8.C3H8/c1-3-5-4-2;1-2-4-3-1;1-3-2/h3-5H2,1-2H3;1-4H2;3H2,1-2H3. The Balaban J connectivity index is 0. The average molecular weight is 172 g/mol. The van der Waals surface area contributed by atoms with E-state index in [-0.39, 0.29) is 0 Å². The first-order chi connectivity index (χ1) is 5.83. The first kappa shape index (κ1) is 14.5. The SMILES string of the molecule is C1CCC1.CCC.CCCCC. The lowest BCUT2D eigenvalue weighted by Crippen LogP contribution is -1.85. The van der Waals surface area contributed by atoms with Gasteiger partial charge in [-0.2, -0.15) is 0 Å². The highest BCUT2D eigenvalue weighted by Gasteiger charge is 1.95. The zero-order valence-electron chi connectivity index (χ0n) is 9.66. The van der Waals surface area contributed by atoms with Crippen LogP contribution in [0.25, 0.3) is 0 Å². The molecule has 1 aliphatic rings. The molecule has 12 heavy (non-hydrogen) atoms. The third-order valence-electron chi connectivity index (χ3n) is 1.71. The van der Waals surface area contributed by atoms with Crippen molar-refractivity contribution in [1.29, 1.82) is 0 Å². The van der Waals surface area contributed by atoms with Gasteiger partial charge in [0.2, 0.25) is 0 Å². The summed E-state index contributed by atoms with van der Waals surface area (Å²) in [6, 6.07) is 0. The predicted octanol–water partition coefficient (Wildman–Crippen LogP) is 5.17. The maximum absolute atomic E-state index is 2.21. The summed E-state index contributed by atoms with van der Waals surface area (Å²) in [6.45, 7) is 8.67. The highest BCUT2D eigenvalue weighted by atomic mass is 14.0. The summed E-state index contributed by atoms with van der Waals surface area (Å²) in [7, 11) is 0. The molecule has 0 unspecified atom stereocenters. The quantitative estimate of drug-likeness (QED) is 0.539. The van der Waals surface area contributed by atoms with Gasteiger partial charge in [-0.1, -0.05) is 79.1 Å². The van der Waals surface area contributed by atoms with Crippen molar-refractivity contribution in [3.05, 3.63) is 0 Å². The first-order valence-electron chi connectivity index (χ1n) is 5.83. The average Bonchev–Trinajstić information content (AvgIpc) is 1.87. The maximum Gasteiger partial charge on any atom is -0.0533 e. The van der Waals surface area contributed by atoms with Gasteiger partial charge in [0.05, 0.1) is 0 Å². The van der Waals surface area contributed by atoms with Crippen LogP contribution >= 0.6 is 0 Å². The van der Waals surface area contributed by atoms with Crippen molar-refractivity contribution in [2.45, 2.75) is 79.1 Å². The van der Waals surface area contributed by atoms with Gasteiger partial charge in [-0.25, -0.2) is 0 Å². The maximum atomic E-state index is 2.21. The fourth-order valence-corrected chi connectivity index (χ4v) is 0.604. The molecule has 0 aliphatic heterocycles. The molecule has 0 saturated heterocycles. The van der Waals surface area contributed by atoms with Crippen molar-refractivity contribution in [3.63, 3.8) is 0 Å². The van der Waals surface area contributed by atoms with E-state index in [4.69, 9.17) is 0 Å². The van der Waals surface area contributed by atoms with Crippen LogP contribution in [0.15, 0.2) is 0 Å². The molecule has 0 aromatic carbocycles. The van der Waals surface area contributed by atoms with E-state index in [1.807, 2.05) is 0 Å². The largest absolute Gasteiger partial charge is 0.0656 e. The molecule has 0 nitrogen and oxygen atoms in total. The zero-order valence-corrected chi connectivity index (χ0v) is 9.66. The van der Waals surface area contributed by atoms with Crippen molar-refractivity contribution in [1.82, 2.24) is 0 Å². The minimum Gasteiger partial charge on any atom is -0.0656 e. The van der Waals surface area contributed by atoms with Crippen molar-refractivity contribution >= 4 is 0 Å². The molecule has 0 atom stereocenters. The molecule has 1 aliphatic carbocycles. The van der Waals surface area contributed by atoms with Crippen molar-refractivity contribution in [2.75, 3.05) is 0 Å². The Kier molecular flexibility index (Phi) is 20.8. The van der Waals surface area contributed by atoms with Crippen LogP contribution in [0.5, 0.6) is 0 Å². The Morgan fingerprint density at radius 2 is 0.917 bits per heavy atom. The van der Waals surface area contributed by atoms with Crippen LogP contribution in [0.1, 0.15) is 79.1 Å². The second-order valence-corrected chi connectivity index (χ2v) is 3.47. The lowest BCUT2D eigenvalue weighted by molar-refractivity contribution is 0.504. The van der Waals surface area contributed by atoms with E-state index >= 15 is 0 Å². The molecule has 0 aromatic rings. The zero-order chi connectivity index (χ0) is 9.66. The number of rotatable bonds is 2. The van der Waals surface area contributed by atoms with E-state index in [1.54, 1.807) is 0 Å². The van der Waals surface area contributed by atoms with Crippen molar-refractivity contribution in [2.24, 2.45) is 0 Å². The molecular weight excluding hydrogens is 144 g/mol. The van der Waals surface area contributed by atoms with Crippen LogP contribution in [0.4, 0.5) is 0 Å². The van der Waals surface area contributed by atoms with Crippen LogP contribution in [0.2, 0.25) is 0 Å². The Morgan fingerprint density at radius 1 is 0.667 bits per heavy atom. The molecule has 0 bridgehead atoms. The van der Waals surface area contributed by atoms with E-state index in [9.17, 15) is 0 Å². The van der Waals surface area contributed by atoms with Gasteiger partial charge in [0, 0.05) is 0 Å². The summed E-state index contributed by atoms with van der Waals surface area (Å²) in [4.78, 5) is 0. The lowest BCUT2D eigenvalue weighted by Gasteiger charge is -2.05. The molecule has 0 N–H and O–H groups in total. The minimum absolute atomic E-state index is 1.25. The number of hydrogen-bond donors (Lipinski definition) is 0. The van der Waals surface area contributed by atoms with Crippen LogP contribution in [-0.4, -0.2) is 0 Å². The third kappa shape index (κ3) is 22.5. The van der Waals surface area contributed by atoms with Gasteiger partial charge in [0.1, 0.15) is 0 Å². The van der Waals surface area contributed by atoms with Gasteiger partial charge in [-0.3, -0.25) is 0 Å². The smallest absolute Gasteiger partial charge is 0.0533 e. The van der Waals surface area contributed by atoms with E-state index in [2.05, 4.69) is 27.7 Å². The Labute approximate surface area is 79.8 Å². The van der Waals surface area contributed by atoms with Crippen LogP contribution in [0.3, 0.4) is 0 Å². The predicted molar refractivity (Wildman–Crippen MR) is 59.6 cm³/mol. The lowest BCUT2D eigenvalue weighted by atomic mass is 10.0. The van der Waals surface area contributed by atoms with E-state index in [0.29, 0.717) is 0 Å². The molecule has 0 amide bonds. The monoisotopic (exact) mass is 172 g/mol. The van der Waals surface area contributed by atoms with Gasteiger partial charge in [0.25, 0.3) is 0 Å². The normalized spacial score (nSPS) is 13.0. The summed E-state index contributed by atoms with van der Waals surface area (Å²) < 4.78 is 0. The number of hydrogen-bond acceptors (Lipinski definition) is 0. The molecule has 0 heteroatoms. The highest BCUT2D eigenvalue weighted by Crippen LogP contribution is 2.15. The third-order valence-corrected chi connectivity index (χ3v) is 1.71. The summed E-state index contributed by atoms with van der Waals surface area (Å²) >= 11 is 0. The topological polar surface area (TPSA) is 0 Å². The summed E-state index contributed by atoms with van der Waals surface area (Å²) in [5.74, 6) is 0. The van der Waals surface area contributed by atoms with Gasteiger partial charge >= 0.3 is 0 Å². The molecule has 0 aromatic heterocycles. The van der Waals surface area contributed by atoms with E-state index < -0.39 is 0 Å².